The van der Waals surface area contributed by atoms with Crippen molar-refractivity contribution in [2.45, 2.75) is 71.1 Å². The first-order chi connectivity index (χ1) is 10.2. The zero-order chi connectivity index (χ0) is 14.9. The molecule has 1 aromatic rings. The van der Waals surface area contributed by atoms with Crippen LogP contribution in [-0.2, 0) is 4.74 Å². The minimum atomic E-state index is 0.426. The molecule has 21 heavy (non-hydrogen) atoms. The van der Waals surface area contributed by atoms with Crippen LogP contribution in [0.15, 0.2) is 24.3 Å². The lowest BCUT2D eigenvalue weighted by atomic mass is 9.60. The molecule has 2 heteroatoms. The average Bonchev–Trinajstić information content (AvgIpc) is 2.99. The van der Waals surface area contributed by atoms with Crippen molar-refractivity contribution in [3.8, 4) is 0 Å². The summed E-state index contributed by atoms with van der Waals surface area (Å²) in [5, 5.41) is 3.89. The second-order valence-electron chi connectivity index (χ2n) is 6.97. The molecule has 116 valence electrons. The van der Waals surface area contributed by atoms with E-state index in [2.05, 4.69) is 50.4 Å². The Hall–Kier alpha value is -0.860. The molecule has 3 atom stereocenters. The van der Waals surface area contributed by atoms with Crippen LogP contribution in [0, 0.1) is 12.3 Å². The van der Waals surface area contributed by atoms with Gasteiger partial charge in [0, 0.05) is 24.1 Å². The minimum absolute atomic E-state index is 0.426. The lowest BCUT2D eigenvalue weighted by Gasteiger charge is -2.55. The van der Waals surface area contributed by atoms with Crippen LogP contribution in [0.1, 0.15) is 63.1 Å². The third-order valence-corrected chi connectivity index (χ3v) is 5.72. The summed E-state index contributed by atoms with van der Waals surface area (Å²) in [5.41, 5.74) is 3.15. The second-order valence-corrected chi connectivity index (χ2v) is 6.97. The summed E-state index contributed by atoms with van der Waals surface area (Å²) < 4.78 is 6.01. The molecular weight excluding hydrogens is 258 g/mol. The summed E-state index contributed by atoms with van der Waals surface area (Å²) in [6.07, 6.45) is 7.12. The van der Waals surface area contributed by atoms with Crippen LogP contribution in [0.2, 0.25) is 0 Å². The highest BCUT2D eigenvalue weighted by atomic mass is 16.5. The fraction of sp³-hybridized carbons (Fsp3) is 0.684. The van der Waals surface area contributed by atoms with Crippen LogP contribution in [0.5, 0.6) is 0 Å². The highest BCUT2D eigenvalue weighted by Gasteiger charge is 2.56. The van der Waals surface area contributed by atoms with Gasteiger partial charge in [-0.2, -0.15) is 0 Å². The van der Waals surface area contributed by atoms with Gasteiger partial charge in [-0.3, -0.25) is 0 Å². The Labute approximate surface area is 129 Å². The summed E-state index contributed by atoms with van der Waals surface area (Å²) in [7, 11) is 0. The Morgan fingerprint density at radius 1 is 1.24 bits per heavy atom. The normalized spacial score (nSPS) is 28.5. The molecule has 3 rings (SSSR count). The van der Waals surface area contributed by atoms with Crippen molar-refractivity contribution in [1.29, 1.82) is 0 Å². The lowest BCUT2D eigenvalue weighted by molar-refractivity contribution is -0.132. The zero-order valence-corrected chi connectivity index (χ0v) is 13.7. The third-order valence-electron chi connectivity index (χ3n) is 5.72. The third kappa shape index (κ3) is 2.76. The van der Waals surface area contributed by atoms with Crippen LogP contribution in [0.4, 0.5) is 0 Å². The number of nitrogens with one attached hydrogen (secondary N) is 1. The van der Waals surface area contributed by atoms with Crippen molar-refractivity contribution in [2.24, 2.45) is 5.41 Å². The van der Waals surface area contributed by atoms with Gasteiger partial charge in [0.25, 0.3) is 0 Å². The largest absolute Gasteiger partial charge is 0.378 e. The van der Waals surface area contributed by atoms with Gasteiger partial charge in [0.2, 0.25) is 0 Å². The summed E-state index contributed by atoms with van der Waals surface area (Å²) in [5.74, 6) is 0. The van der Waals surface area contributed by atoms with Gasteiger partial charge in [-0.1, -0.05) is 42.7 Å². The van der Waals surface area contributed by atoms with Crippen LogP contribution < -0.4 is 5.32 Å². The van der Waals surface area contributed by atoms with Crippen LogP contribution in [0.25, 0.3) is 0 Å². The first-order valence-electron chi connectivity index (χ1n) is 8.60. The molecule has 0 aliphatic heterocycles. The highest BCUT2D eigenvalue weighted by Crippen LogP contribution is 2.55. The van der Waals surface area contributed by atoms with Crippen molar-refractivity contribution in [2.75, 3.05) is 6.61 Å². The number of ether oxygens (including phenoxy) is 1. The van der Waals surface area contributed by atoms with Gasteiger partial charge in [0.15, 0.2) is 0 Å². The first kappa shape index (κ1) is 15.1. The summed E-state index contributed by atoms with van der Waals surface area (Å²) in [6, 6.07) is 9.99. The van der Waals surface area contributed by atoms with Crippen LogP contribution in [0.3, 0.4) is 0 Å². The van der Waals surface area contributed by atoms with Gasteiger partial charge < -0.3 is 10.1 Å². The molecule has 1 spiro atoms. The fourth-order valence-electron chi connectivity index (χ4n) is 4.37. The maximum absolute atomic E-state index is 6.01. The smallest absolute Gasteiger partial charge is 0.0661 e. The highest BCUT2D eigenvalue weighted by molar-refractivity contribution is 5.24. The number of aryl methyl sites for hydroxylation is 1. The van der Waals surface area contributed by atoms with E-state index in [0.29, 0.717) is 23.6 Å². The van der Waals surface area contributed by atoms with E-state index in [4.69, 9.17) is 4.74 Å². The Morgan fingerprint density at radius 2 is 1.90 bits per heavy atom. The van der Waals surface area contributed by atoms with Gasteiger partial charge in [-0.25, -0.2) is 0 Å². The molecule has 2 nitrogen and oxygen atoms in total. The number of benzene rings is 1. The van der Waals surface area contributed by atoms with E-state index in [0.717, 1.165) is 6.61 Å². The molecule has 2 aliphatic rings. The summed E-state index contributed by atoms with van der Waals surface area (Å²) >= 11 is 0. The monoisotopic (exact) mass is 287 g/mol. The summed E-state index contributed by atoms with van der Waals surface area (Å²) in [4.78, 5) is 0. The van der Waals surface area contributed by atoms with Crippen LogP contribution in [-0.4, -0.2) is 18.8 Å². The van der Waals surface area contributed by atoms with E-state index >= 15 is 0 Å². The molecule has 2 unspecified atom stereocenters. The maximum Gasteiger partial charge on any atom is 0.0661 e. The number of hydrogen-bond donors (Lipinski definition) is 1. The molecule has 0 radical (unpaired) electrons. The predicted molar refractivity (Wildman–Crippen MR) is 87.4 cm³/mol. The molecule has 1 N–H and O–H groups in total. The van der Waals surface area contributed by atoms with Crippen molar-refractivity contribution in [3.05, 3.63) is 35.4 Å². The van der Waals surface area contributed by atoms with Crippen molar-refractivity contribution in [1.82, 2.24) is 5.32 Å². The molecule has 0 saturated heterocycles. The van der Waals surface area contributed by atoms with Gasteiger partial charge in [-0.05, 0) is 45.6 Å². The maximum atomic E-state index is 6.01. The van der Waals surface area contributed by atoms with Crippen LogP contribution >= 0.6 is 0 Å². The minimum Gasteiger partial charge on any atom is -0.378 e. The molecule has 1 aromatic carbocycles. The number of rotatable bonds is 5. The van der Waals surface area contributed by atoms with Crippen molar-refractivity contribution in [3.63, 3.8) is 0 Å². The van der Waals surface area contributed by atoms with Gasteiger partial charge in [0.1, 0.15) is 0 Å². The molecule has 0 heterocycles. The van der Waals surface area contributed by atoms with Gasteiger partial charge >= 0.3 is 0 Å². The van der Waals surface area contributed by atoms with E-state index in [-0.39, 0.29) is 0 Å². The molecule has 2 saturated carbocycles. The van der Waals surface area contributed by atoms with Crippen molar-refractivity contribution >= 4 is 0 Å². The molecule has 0 amide bonds. The average molecular weight is 287 g/mol. The number of hydrogen-bond acceptors (Lipinski definition) is 2. The lowest BCUT2D eigenvalue weighted by Crippen LogP contribution is -2.63. The fourth-order valence-corrected chi connectivity index (χ4v) is 4.37. The van der Waals surface area contributed by atoms with E-state index in [1.54, 1.807) is 0 Å². The Morgan fingerprint density at radius 3 is 2.52 bits per heavy atom. The standard InChI is InChI=1S/C19H29NO/c1-4-21-18-13-17(19(18)11-5-6-12-19)20-15(3)16-9-7-14(2)8-10-16/h7-10,15,17-18,20H,4-6,11-13H2,1-3H3/t15-,17?,18?/m1/s1. The SMILES string of the molecule is CCOC1CC(N[C@H](C)c2ccc(C)cc2)C12CCCC2. The molecule has 2 aliphatic carbocycles. The Bertz CT molecular complexity index is 461. The predicted octanol–water partition coefficient (Wildman–Crippen LogP) is 4.38. The Kier molecular flexibility index (Phi) is 4.37. The zero-order valence-electron chi connectivity index (χ0n) is 13.7. The second kappa shape index (κ2) is 6.10. The Balaban J connectivity index is 1.66. The van der Waals surface area contributed by atoms with Gasteiger partial charge in [0.05, 0.1) is 6.10 Å². The van der Waals surface area contributed by atoms with E-state index < -0.39 is 0 Å². The van der Waals surface area contributed by atoms with E-state index in [1.165, 1.54) is 43.2 Å². The van der Waals surface area contributed by atoms with E-state index in [1.807, 2.05) is 0 Å². The van der Waals surface area contributed by atoms with Gasteiger partial charge in [-0.15, -0.1) is 0 Å². The molecule has 0 bridgehead atoms. The molecule has 2 fully saturated rings. The van der Waals surface area contributed by atoms with E-state index in [9.17, 15) is 0 Å². The first-order valence-corrected chi connectivity index (χ1v) is 8.60. The molecule has 0 aromatic heterocycles. The quantitative estimate of drug-likeness (QED) is 0.867. The topological polar surface area (TPSA) is 21.3 Å². The summed E-state index contributed by atoms with van der Waals surface area (Å²) in [6.45, 7) is 7.42. The van der Waals surface area contributed by atoms with Crippen molar-refractivity contribution < 1.29 is 4.74 Å². The molecular formula is C19H29NO.